The molecule has 1 amide bonds. The van der Waals surface area contributed by atoms with Crippen LogP contribution in [0.5, 0.6) is 0 Å². The van der Waals surface area contributed by atoms with Gasteiger partial charge in [0.05, 0.1) is 18.2 Å². The molecule has 0 radical (unpaired) electrons. The van der Waals surface area contributed by atoms with Gasteiger partial charge in [0.2, 0.25) is 0 Å². The molecule has 7 nitrogen and oxygen atoms in total. The number of fused-ring (bicyclic) bond motifs is 1. The standard InChI is InChI=1S/C30H34F3N5O2/c1-29(8-5-9-29)34-15-18-10-23-24(25(11-18)30(31,32)33)16-38(28(23)39)21-7-4-6-19(12-21)26(20-13-22(14-20)40-3)27-36-35-17-37(27)2/h4,6-7,10-12,17,20,22,26,34H,5,8-9,13-16H2,1-3H3/t20?,22?,26-/m1/s1. The number of methoxy groups -OCH3 is 1. The second-order valence-corrected chi connectivity index (χ2v) is 11.8. The highest BCUT2D eigenvalue weighted by atomic mass is 19.4. The molecular weight excluding hydrogens is 519 g/mol. The quantitative estimate of drug-likeness (QED) is 0.394. The summed E-state index contributed by atoms with van der Waals surface area (Å²) in [5, 5.41) is 11.8. The Kier molecular flexibility index (Phi) is 6.73. The minimum atomic E-state index is -4.56. The third kappa shape index (κ3) is 4.81. The summed E-state index contributed by atoms with van der Waals surface area (Å²) < 4.78 is 50.0. The van der Waals surface area contributed by atoms with Crippen molar-refractivity contribution in [3.63, 3.8) is 0 Å². The van der Waals surface area contributed by atoms with E-state index in [0.29, 0.717) is 17.8 Å². The Balaban J connectivity index is 1.32. The van der Waals surface area contributed by atoms with Gasteiger partial charge in [0.15, 0.2) is 0 Å². The van der Waals surface area contributed by atoms with Crippen LogP contribution in [-0.4, -0.2) is 39.4 Å². The first-order valence-electron chi connectivity index (χ1n) is 13.8. The maximum Gasteiger partial charge on any atom is 0.416 e. The van der Waals surface area contributed by atoms with Gasteiger partial charge in [-0.25, -0.2) is 0 Å². The van der Waals surface area contributed by atoms with Gasteiger partial charge in [0.25, 0.3) is 5.91 Å². The number of anilines is 1. The zero-order valence-corrected chi connectivity index (χ0v) is 23.0. The number of amides is 1. The fraction of sp³-hybridized carbons (Fsp3) is 0.500. The molecule has 1 atom stereocenters. The summed E-state index contributed by atoms with van der Waals surface area (Å²) in [5.74, 6) is 0.603. The molecule has 2 aliphatic carbocycles. The van der Waals surface area contributed by atoms with Crippen molar-refractivity contribution in [1.29, 1.82) is 0 Å². The number of benzene rings is 2. The first kappa shape index (κ1) is 27.0. The van der Waals surface area contributed by atoms with Crippen LogP contribution in [0, 0.1) is 5.92 Å². The van der Waals surface area contributed by atoms with Crippen LogP contribution in [0.3, 0.4) is 0 Å². The van der Waals surface area contributed by atoms with Crippen LogP contribution in [0.4, 0.5) is 18.9 Å². The van der Waals surface area contributed by atoms with Crippen molar-refractivity contribution in [3.05, 3.63) is 76.4 Å². The van der Waals surface area contributed by atoms with Gasteiger partial charge < -0.3 is 19.5 Å². The van der Waals surface area contributed by atoms with E-state index >= 15 is 0 Å². The van der Waals surface area contributed by atoms with Gasteiger partial charge in [-0.05, 0) is 85.9 Å². The second-order valence-electron chi connectivity index (χ2n) is 11.8. The average molecular weight is 554 g/mol. The predicted octanol–water partition coefficient (Wildman–Crippen LogP) is 5.58. The van der Waals surface area contributed by atoms with Gasteiger partial charge >= 0.3 is 6.18 Å². The number of nitrogens with zero attached hydrogens (tertiary/aromatic N) is 4. The number of aromatic nitrogens is 3. The summed E-state index contributed by atoms with van der Waals surface area (Å²) in [7, 11) is 3.61. The van der Waals surface area contributed by atoms with E-state index in [1.54, 1.807) is 25.6 Å². The SMILES string of the molecule is COC1CC([C@@H](c2cccc(N3Cc4c(cc(CNC5(C)CCC5)cc4C(F)(F)F)C3=O)c2)c2nncn2C)C1. The summed E-state index contributed by atoms with van der Waals surface area (Å²) in [6, 6.07) is 10.4. The Morgan fingerprint density at radius 3 is 2.60 bits per heavy atom. The van der Waals surface area contributed by atoms with E-state index in [9.17, 15) is 18.0 Å². The van der Waals surface area contributed by atoms with Crippen molar-refractivity contribution in [1.82, 2.24) is 20.1 Å². The Bertz CT molecular complexity index is 1420. The van der Waals surface area contributed by atoms with Crippen molar-refractivity contribution in [2.75, 3.05) is 12.0 Å². The Labute approximate surface area is 231 Å². The zero-order chi connectivity index (χ0) is 28.2. The molecule has 1 aliphatic heterocycles. The van der Waals surface area contributed by atoms with Crippen LogP contribution < -0.4 is 10.2 Å². The van der Waals surface area contributed by atoms with Crippen molar-refractivity contribution >= 4 is 11.6 Å². The Hall–Kier alpha value is -3.24. The first-order valence-corrected chi connectivity index (χ1v) is 13.8. The monoisotopic (exact) mass is 553 g/mol. The average Bonchev–Trinajstić information content (AvgIpc) is 3.45. The molecular formula is C30H34F3N5O2. The molecule has 2 saturated carbocycles. The first-order chi connectivity index (χ1) is 19.1. The van der Waals surface area contributed by atoms with Crippen molar-refractivity contribution in [2.45, 2.75) is 75.9 Å². The van der Waals surface area contributed by atoms with E-state index in [-0.39, 0.29) is 41.2 Å². The van der Waals surface area contributed by atoms with Crippen molar-refractivity contribution in [3.8, 4) is 0 Å². The number of rotatable bonds is 8. The highest BCUT2D eigenvalue weighted by Gasteiger charge is 2.42. The summed E-state index contributed by atoms with van der Waals surface area (Å²) in [6.07, 6.45) is 2.14. The maximum atomic E-state index is 14.2. The lowest BCUT2D eigenvalue weighted by Gasteiger charge is -2.39. The van der Waals surface area contributed by atoms with Gasteiger partial charge in [0, 0.05) is 43.4 Å². The van der Waals surface area contributed by atoms with Gasteiger partial charge in [-0.1, -0.05) is 12.1 Å². The molecule has 2 heterocycles. The van der Waals surface area contributed by atoms with E-state index in [4.69, 9.17) is 4.74 Å². The van der Waals surface area contributed by atoms with E-state index in [0.717, 1.165) is 43.5 Å². The predicted molar refractivity (Wildman–Crippen MR) is 144 cm³/mol. The lowest BCUT2D eigenvalue weighted by molar-refractivity contribution is -0.138. The van der Waals surface area contributed by atoms with Crippen molar-refractivity contribution in [2.24, 2.45) is 13.0 Å². The number of carbonyl (C=O) groups excluding carboxylic acids is 1. The molecule has 2 fully saturated rings. The molecule has 2 aromatic carbocycles. The van der Waals surface area contributed by atoms with E-state index in [1.165, 1.54) is 11.0 Å². The molecule has 10 heteroatoms. The summed E-state index contributed by atoms with van der Waals surface area (Å²) in [5.41, 5.74) is 1.37. The van der Waals surface area contributed by atoms with E-state index in [2.05, 4.69) is 22.4 Å². The van der Waals surface area contributed by atoms with Crippen LogP contribution in [0.25, 0.3) is 0 Å². The minimum absolute atomic E-state index is 0.0355. The van der Waals surface area contributed by atoms with Crippen LogP contribution >= 0.6 is 0 Å². The Morgan fingerprint density at radius 2 is 1.98 bits per heavy atom. The number of hydrogen-bond donors (Lipinski definition) is 1. The lowest BCUT2D eigenvalue weighted by atomic mass is 9.70. The molecule has 1 N–H and O–H groups in total. The molecule has 0 bridgehead atoms. The molecule has 3 aliphatic rings. The highest BCUT2D eigenvalue weighted by molar-refractivity contribution is 6.10. The molecule has 0 saturated heterocycles. The third-order valence-electron chi connectivity index (χ3n) is 9.08. The molecule has 40 heavy (non-hydrogen) atoms. The Morgan fingerprint density at radius 1 is 1.20 bits per heavy atom. The molecule has 212 valence electrons. The highest BCUT2D eigenvalue weighted by Crippen LogP contribution is 2.45. The molecule has 6 rings (SSSR count). The normalized spacial score (nSPS) is 22.6. The van der Waals surface area contributed by atoms with Crippen LogP contribution in [0.1, 0.15) is 83.4 Å². The van der Waals surface area contributed by atoms with Crippen LogP contribution in [-0.2, 0) is 31.1 Å². The van der Waals surface area contributed by atoms with Crippen molar-refractivity contribution < 1.29 is 22.7 Å². The molecule has 1 aromatic heterocycles. The molecule has 3 aromatic rings. The van der Waals surface area contributed by atoms with Crippen LogP contribution in [0.15, 0.2) is 42.7 Å². The van der Waals surface area contributed by atoms with E-state index in [1.807, 2.05) is 29.8 Å². The lowest BCUT2D eigenvalue weighted by Crippen LogP contribution is -2.47. The maximum absolute atomic E-state index is 14.2. The number of alkyl halides is 3. The number of ether oxygens (including phenoxy) is 1. The zero-order valence-electron chi connectivity index (χ0n) is 23.0. The number of halogens is 3. The number of carbonyl (C=O) groups is 1. The van der Waals surface area contributed by atoms with Crippen LogP contribution in [0.2, 0.25) is 0 Å². The topological polar surface area (TPSA) is 72.3 Å². The number of hydrogen-bond acceptors (Lipinski definition) is 5. The van der Waals surface area contributed by atoms with Gasteiger partial charge in [-0.3, -0.25) is 4.79 Å². The summed E-state index contributed by atoms with van der Waals surface area (Å²) >= 11 is 0. The summed E-state index contributed by atoms with van der Waals surface area (Å²) in [4.78, 5) is 15.1. The smallest absolute Gasteiger partial charge is 0.381 e. The second kappa shape index (κ2) is 9.99. The fourth-order valence-corrected chi connectivity index (χ4v) is 6.39. The third-order valence-corrected chi connectivity index (χ3v) is 9.08. The van der Waals surface area contributed by atoms with Gasteiger partial charge in [-0.15, -0.1) is 10.2 Å². The van der Waals surface area contributed by atoms with Gasteiger partial charge in [-0.2, -0.15) is 13.2 Å². The number of aryl methyl sites for hydroxylation is 1. The minimum Gasteiger partial charge on any atom is -0.381 e. The summed E-state index contributed by atoms with van der Waals surface area (Å²) in [6.45, 7) is 2.25. The fourth-order valence-electron chi connectivity index (χ4n) is 6.39. The molecule has 0 unspecified atom stereocenters. The molecule has 0 spiro atoms. The number of nitrogens with one attached hydrogen (secondary N) is 1. The van der Waals surface area contributed by atoms with E-state index < -0.39 is 17.6 Å². The van der Waals surface area contributed by atoms with Gasteiger partial charge in [0.1, 0.15) is 12.2 Å². The largest absolute Gasteiger partial charge is 0.416 e.